The van der Waals surface area contributed by atoms with E-state index in [9.17, 15) is 4.79 Å². The van der Waals surface area contributed by atoms with Crippen LogP contribution in [0.15, 0.2) is 48.7 Å². The lowest BCUT2D eigenvalue weighted by atomic mass is 10.0. The Hall–Kier alpha value is -2.36. The van der Waals surface area contributed by atoms with Crippen molar-refractivity contribution >= 4 is 17.3 Å². The molecule has 4 heteroatoms. The van der Waals surface area contributed by atoms with Gasteiger partial charge in [0.25, 0.3) is 5.91 Å². The van der Waals surface area contributed by atoms with Crippen LogP contribution in [0.2, 0.25) is 0 Å². The molecular weight excluding hydrogens is 214 g/mol. The summed E-state index contributed by atoms with van der Waals surface area (Å²) in [5.74, 6) is -0.112. The molecule has 86 valence electrons. The number of pyridine rings is 1. The number of nitrogen functional groups attached to an aromatic ring is 1. The van der Waals surface area contributed by atoms with E-state index in [1.165, 1.54) is 0 Å². The predicted molar refractivity (Wildman–Crippen MR) is 68.4 cm³/mol. The second-order valence-corrected chi connectivity index (χ2v) is 3.71. The van der Waals surface area contributed by atoms with E-state index in [-0.39, 0.29) is 5.91 Å². The highest BCUT2D eigenvalue weighted by molar-refractivity contribution is 6.06. The summed E-state index contributed by atoms with van der Waals surface area (Å²) in [4.78, 5) is 16.0. The van der Waals surface area contributed by atoms with E-state index in [2.05, 4.69) is 16.9 Å². The molecule has 3 N–H and O–H groups in total. The highest BCUT2D eigenvalue weighted by atomic mass is 16.1. The molecule has 1 aliphatic rings. The molecule has 0 atom stereocenters. The zero-order chi connectivity index (χ0) is 12.3. The summed E-state index contributed by atoms with van der Waals surface area (Å²) in [6.07, 6.45) is 9.08. The summed E-state index contributed by atoms with van der Waals surface area (Å²) in [7, 11) is 0. The molecule has 0 saturated heterocycles. The van der Waals surface area contributed by atoms with Gasteiger partial charge >= 0.3 is 0 Å². The number of aromatic nitrogens is 1. The van der Waals surface area contributed by atoms with Crippen LogP contribution in [0.1, 0.15) is 5.69 Å². The first-order chi connectivity index (χ1) is 8.20. The summed E-state index contributed by atoms with van der Waals surface area (Å²) < 4.78 is 0. The fourth-order valence-corrected chi connectivity index (χ4v) is 1.61. The van der Waals surface area contributed by atoms with E-state index >= 15 is 0 Å². The maximum Gasteiger partial charge on any atom is 0.252 e. The van der Waals surface area contributed by atoms with Gasteiger partial charge in [-0.3, -0.25) is 9.78 Å². The number of nitrogens with one attached hydrogen (secondary N) is 1. The standard InChI is InChI=1S/C13H13N3O/c1-2-3-4-5-9-6-11-12(16-13(9)17)7-10(14)8-15-11/h2-5,7-8H,1,6,14H2,(H,16,17)/b4-3-,9-5+. The second-order valence-electron chi connectivity index (χ2n) is 3.71. The Kier molecular flexibility index (Phi) is 3.05. The van der Waals surface area contributed by atoms with E-state index in [0.717, 1.165) is 5.69 Å². The van der Waals surface area contributed by atoms with E-state index in [0.29, 0.717) is 23.4 Å². The van der Waals surface area contributed by atoms with Gasteiger partial charge in [0, 0.05) is 12.0 Å². The summed E-state index contributed by atoms with van der Waals surface area (Å²) in [5.41, 5.74) is 8.35. The van der Waals surface area contributed by atoms with Crippen LogP contribution in [0, 0.1) is 0 Å². The molecule has 0 spiro atoms. The fraction of sp³-hybridized carbons (Fsp3) is 0.0769. The summed E-state index contributed by atoms with van der Waals surface area (Å²) in [6, 6.07) is 1.72. The molecule has 0 radical (unpaired) electrons. The topological polar surface area (TPSA) is 68.0 Å². The number of rotatable bonds is 2. The van der Waals surface area contributed by atoms with Crippen molar-refractivity contribution in [3.8, 4) is 0 Å². The quantitative estimate of drug-likeness (QED) is 0.598. The van der Waals surface area contributed by atoms with Gasteiger partial charge in [0.1, 0.15) is 0 Å². The Morgan fingerprint density at radius 2 is 2.29 bits per heavy atom. The van der Waals surface area contributed by atoms with E-state index in [1.54, 1.807) is 36.6 Å². The fourth-order valence-electron chi connectivity index (χ4n) is 1.61. The number of nitrogens with zero attached hydrogens (tertiary/aromatic N) is 1. The summed E-state index contributed by atoms with van der Waals surface area (Å²) in [5, 5.41) is 2.77. The van der Waals surface area contributed by atoms with Crippen LogP contribution in [-0.4, -0.2) is 10.9 Å². The molecule has 1 aliphatic heterocycles. The molecule has 0 fully saturated rings. The Morgan fingerprint density at radius 1 is 1.47 bits per heavy atom. The highest BCUT2D eigenvalue weighted by Gasteiger charge is 2.20. The molecule has 0 bridgehead atoms. The lowest BCUT2D eigenvalue weighted by molar-refractivity contribution is -0.113. The normalized spacial score (nSPS) is 16.9. The monoisotopic (exact) mass is 227 g/mol. The average Bonchev–Trinajstić information content (AvgIpc) is 2.30. The van der Waals surface area contributed by atoms with Gasteiger partial charge in [0.05, 0.1) is 23.3 Å². The summed E-state index contributed by atoms with van der Waals surface area (Å²) in [6.45, 7) is 3.57. The minimum absolute atomic E-state index is 0.112. The first-order valence-corrected chi connectivity index (χ1v) is 5.24. The van der Waals surface area contributed by atoms with Gasteiger partial charge in [-0.05, 0) is 6.07 Å². The third-order valence-corrected chi connectivity index (χ3v) is 2.43. The van der Waals surface area contributed by atoms with Crippen molar-refractivity contribution in [2.75, 3.05) is 11.1 Å². The zero-order valence-electron chi connectivity index (χ0n) is 9.31. The first-order valence-electron chi connectivity index (χ1n) is 5.24. The minimum Gasteiger partial charge on any atom is -0.397 e. The molecule has 17 heavy (non-hydrogen) atoms. The van der Waals surface area contributed by atoms with Crippen LogP contribution in [0.3, 0.4) is 0 Å². The van der Waals surface area contributed by atoms with Gasteiger partial charge in [0.15, 0.2) is 0 Å². The van der Waals surface area contributed by atoms with Gasteiger partial charge in [-0.1, -0.05) is 30.9 Å². The van der Waals surface area contributed by atoms with E-state index in [1.807, 2.05) is 0 Å². The number of carbonyl (C=O) groups is 1. The smallest absolute Gasteiger partial charge is 0.252 e. The Balaban J connectivity index is 2.30. The third-order valence-electron chi connectivity index (χ3n) is 2.43. The van der Waals surface area contributed by atoms with Crippen molar-refractivity contribution in [2.45, 2.75) is 6.42 Å². The van der Waals surface area contributed by atoms with Crippen molar-refractivity contribution in [3.63, 3.8) is 0 Å². The second kappa shape index (κ2) is 4.65. The molecular formula is C13H13N3O. The third kappa shape index (κ3) is 2.42. The molecule has 1 aromatic heterocycles. The number of anilines is 2. The zero-order valence-corrected chi connectivity index (χ0v) is 9.31. The molecule has 1 amide bonds. The maximum atomic E-state index is 11.8. The van der Waals surface area contributed by atoms with Crippen LogP contribution in [0.4, 0.5) is 11.4 Å². The highest BCUT2D eigenvalue weighted by Crippen LogP contribution is 2.24. The largest absolute Gasteiger partial charge is 0.397 e. The first kappa shape index (κ1) is 11.1. The number of nitrogens with two attached hydrogens (primary N) is 1. The van der Waals surface area contributed by atoms with Crippen LogP contribution in [-0.2, 0) is 11.2 Å². The van der Waals surface area contributed by atoms with Gasteiger partial charge in [-0.25, -0.2) is 0 Å². The summed E-state index contributed by atoms with van der Waals surface area (Å²) >= 11 is 0. The number of hydrogen-bond donors (Lipinski definition) is 2. The van der Waals surface area contributed by atoms with Gasteiger partial charge < -0.3 is 11.1 Å². The van der Waals surface area contributed by atoms with Crippen molar-refractivity contribution < 1.29 is 4.79 Å². The van der Waals surface area contributed by atoms with Crippen molar-refractivity contribution in [1.82, 2.24) is 4.98 Å². The molecule has 0 unspecified atom stereocenters. The van der Waals surface area contributed by atoms with Crippen LogP contribution >= 0.6 is 0 Å². The Labute approximate surface area is 99.5 Å². The lowest BCUT2D eigenvalue weighted by Crippen LogP contribution is -2.23. The maximum absolute atomic E-state index is 11.8. The SMILES string of the molecule is C=C/C=C\C=C1/Cc2ncc(N)cc2NC1=O. The molecule has 2 rings (SSSR count). The molecule has 2 heterocycles. The van der Waals surface area contributed by atoms with Gasteiger partial charge in [0.2, 0.25) is 0 Å². The van der Waals surface area contributed by atoms with Crippen molar-refractivity contribution in [2.24, 2.45) is 0 Å². The molecule has 0 aliphatic carbocycles. The van der Waals surface area contributed by atoms with Crippen molar-refractivity contribution in [1.29, 1.82) is 0 Å². The number of hydrogen-bond acceptors (Lipinski definition) is 3. The van der Waals surface area contributed by atoms with E-state index < -0.39 is 0 Å². The number of allylic oxidation sites excluding steroid dienone is 4. The van der Waals surface area contributed by atoms with E-state index in [4.69, 9.17) is 5.73 Å². The Morgan fingerprint density at radius 3 is 3.06 bits per heavy atom. The number of carbonyl (C=O) groups excluding carboxylic acids is 1. The van der Waals surface area contributed by atoms with Crippen LogP contribution in [0.5, 0.6) is 0 Å². The van der Waals surface area contributed by atoms with Crippen LogP contribution in [0.25, 0.3) is 0 Å². The van der Waals surface area contributed by atoms with Gasteiger partial charge in [-0.2, -0.15) is 0 Å². The average molecular weight is 227 g/mol. The van der Waals surface area contributed by atoms with Crippen LogP contribution < -0.4 is 11.1 Å². The number of fused-ring (bicyclic) bond motifs is 1. The molecule has 1 aromatic rings. The lowest BCUT2D eigenvalue weighted by Gasteiger charge is -2.18. The van der Waals surface area contributed by atoms with Gasteiger partial charge in [-0.15, -0.1) is 0 Å². The molecule has 0 saturated carbocycles. The predicted octanol–water partition coefficient (Wildman–Crippen LogP) is 1.83. The Bertz CT molecular complexity index is 529. The minimum atomic E-state index is -0.112. The molecule has 0 aromatic carbocycles. The number of amides is 1. The van der Waals surface area contributed by atoms with Crippen molar-refractivity contribution in [3.05, 3.63) is 54.4 Å². The molecule has 4 nitrogen and oxygen atoms in total.